The third-order valence-corrected chi connectivity index (χ3v) is 4.99. The Balaban J connectivity index is 4.58. The number of aliphatic hydroxyl groups excluding tert-OH is 1. The molecule has 0 radical (unpaired) electrons. The summed E-state index contributed by atoms with van der Waals surface area (Å²) in [5.74, 6) is -2.76. The minimum Gasteiger partial charge on any atom is -0.481 e. The van der Waals surface area contributed by atoms with Gasteiger partial charge in [0.1, 0.15) is 6.04 Å². The zero-order chi connectivity index (χ0) is 21.4. The van der Waals surface area contributed by atoms with Crippen LogP contribution >= 0.6 is 11.8 Å². The first-order valence-electron chi connectivity index (χ1n) is 8.95. The molecule has 0 aromatic rings. The maximum absolute atomic E-state index is 10.8. The van der Waals surface area contributed by atoms with Gasteiger partial charge < -0.3 is 26.2 Å². The first-order valence-corrected chi connectivity index (χ1v) is 10.0. The number of carboxylic acids is 3. The van der Waals surface area contributed by atoms with Gasteiger partial charge >= 0.3 is 17.9 Å². The summed E-state index contributed by atoms with van der Waals surface area (Å²) >= 11 is 1.20. The summed E-state index contributed by atoms with van der Waals surface area (Å²) in [6.07, 6.45) is 11.7. The largest absolute Gasteiger partial charge is 0.481 e. The first-order chi connectivity index (χ1) is 13.2. The molecular weight excluding hydrogens is 386 g/mol. The Bertz CT molecular complexity index is 575. The van der Waals surface area contributed by atoms with Gasteiger partial charge in [-0.15, -0.1) is 11.8 Å². The summed E-state index contributed by atoms with van der Waals surface area (Å²) in [5, 5.41) is 35.9. The van der Waals surface area contributed by atoms with Gasteiger partial charge in [-0.05, 0) is 25.7 Å². The molecule has 0 spiro atoms. The predicted octanol–water partition coefficient (Wildman–Crippen LogP) is 2.04. The van der Waals surface area contributed by atoms with Crippen LogP contribution in [0.5, 0.6) is 0 Å². The Morgan fingerprint density at radius 3 is 2.14 bits per heavy atom. The van der Waals surface area contributed by atoms with Crippen molar-refractivity contribution in [1.82, 2.24) is 0 Å². The fraction of sp³-hybridized carbons (Fsp3) is 0.526. The maximum Gasteiger partial charge on any atom is 0.321 e. The summed E-state index contributed by atoms with van der Waals surface area (Å²) in [5.41, 5.74) is 5.49. The van der Waals surface area contributed by atoms with Crippen molar-refractivity contribution in [1.29, 1.82) is 0 Å². The van der Waals surface area contributed by atoms with E-state index in [-0.39, 0.29) is 25.0 Å². The molecule has 0 saturated heterocycles. The van der Waals surface area contributed by atoms with Crippen LogP contribution < -0.4 is 5.73 Å². The van der Waals surface area contributed by atoms with Crippen molar-refractivity contribution < 1.29 is 34.8 Å². The molecule has 0 rings (SSSR count). The number of aliphatic carboxylic acids is 3. The Labute approximate surface area is 168 Å². The van der Waals surface area contributed by atoms with Crippen molar-refractivity contribution in [2.24, 2.45) is 5.73 Å². The first kappa shape index (κ1) is 25.9. The molecule has 3 atom stereocenters. The number of allylic oxidation sites excluding steroid dienone is 5. The maximum atomic E-state index is 10.8. The van der Waals surface area contributed by atoms with Crippen molar-refractivity contribution in [2.45, 2.75) is 55.9 Å². The lowest BCUT2D eigenvalue weighted by atomic mass is 10.1. The molecule has 0 aliphatic carbocycles. The van der Waals surface area contributed by atoms with E-state index in [2.05, 4.69) is 0 Å². The molecule has 0 aliphatic rings. The van der Waals surface area contributed by atoms with Crippen LogP contribution in [-0.4, -0.2) is 61.5 Å². The molecule has 0 aliphatic heterocycles. The van der Waals surface area contributed by atoms with Crippen LogP contribution in [0.4, 0.5) is 0 Å². The van der Waals surface area contributed by atoms with E-state index in [1.165, 1.54) is 11.8 Å². The quantitative estimate of drug-likeness (QED) is 0.188. The SMILES string of the molecule is N[C@@H](CS[C@H](/C=C/C=C/C=C\CCCC(=O)O)[C@@H](O)CCCC(=O)O)C(=O)O. The van der Waals surface area contributed by atoms with E-state index in [9.17, 15) is 19.5 Å². The normalized spacial score (nSPS) is 15.2. The number of thioether (sulfide) groups is 1. The molecule has 158 valence electrons. The molecule has 0 amide bonds. The number of hydrogen-bond donors (Lipinski definition) is 5. The average Bonchev–Trinajstić information content (AvgIpc) is 2.61. The lowest BCUT2D eigenvalue weighted by Gasteiger charge is -2.20. The lowest BCUT2D eigenvalue weighted by Crippen LogP contribution is -2.34. The summed E-state index contributed by atoms with van der Waals surface area (Å²) in [7, 11) is 0. The minimum absolute atomic E-state index is 0.0423. The van der Waals surface area contributed by atoms with Crippen LogP contribution in [0.3, 0.4) is 0 Å². The van der Waals surface area contributed by atoms with Gasteiger partial charge in [-0.2, -0.15) is 0 Å². The van der Waals surface area contributed by atoms with E-state index in [1.54, 1.807) is 30.4 Å². The molecule has 8 nitrogen and oxygen atoms in total. The molecule has 0 aromatic carbocycles. The summed E-state index contributed by atoms with van der Waals surface area (Å²) in [6, 6.07) is -1.05. The van der Waals surface area contributed by atoms with E-state index in [0.717, 1.165) is 0 Å². The third-order valence-electron chi connectivity index (χ3n) is 3.59. The smallest absolute Gasteiger partial charge is 0.321 e. The molecule has 0 fully saturated rings. The number of rotatable bonds is 16. The fourth-order valence-corrected chi connectivity index (χ4v) is 3.19. The van der Waals surface area contributed by atoms with Crippen molar-refractivity contribution in [2.75, 3.05) is 5.75 Å². The van der Waals surface area contributed by atoms with Crippen LogP contribution in [0, 0.1) is 0 Å². The predicted molar refractivity (Wildman–Crippen MR) is 108 cm³/mol. The molecular formula is C19H29NO7S. The molecule has 0 aromatic heterocycles. The number of hydrogen-bond acceptors (Lipinski definition) is 6. The van der Waals surface area contributed by atoms with E-state index in [1.807, 2.05) is 6.08 Å². The van der Waals surface area contributed by atoms with Crippen LogP contribution in [0.2, 0.25) is 0 Å². The highest BCUT2D eigenvalue weighted by atomic mass is 32.2. The van der Waals surface area contributed by atoms with E-state index in [0.29, 0.717) is 19.3 Å². The van der Waals surface area contributed by atoms with E-state index in [4.69, 9.17) is 21.1 Å². The van der Waals surface area contributed by atoms with Crippen molar-refractivity contribution in [3.05, 3.63) is 36.5 Å². The lowest BCUT2D eigenvalue weighted by molar-refractivity contribution is -0.138. The second kappa shape index (κ2) is 15.9. The van der Waals surface area contributed by atoms with Gasteiger partial charge in [0.2, 0.25) is 0 Å². The van der Waals surface area contributed by atoms with E-state index < -0.39 is 35.3 Å². The van der Waals surface area contributed by atoms with Gasteiger partial charge in [0.15, 0.2) is 0 Å². The Morgan fingerprint density at radius 2 is 1.54 bits per heavy atom. The standard InChI is InChI=1S/C19H29NO7S/c20-14(19(26)27)13-28-16(15(21)9-8-12-18(24)25)10-6-4-2-1-3-5-7-11-17(22)23/h1-4,6,10,14-16,21H,5,7-9,11-13,20H2,(H,22,23)(H,24,25)(H,26,27)/b3-1-,4-2+,10-6+/t14-,15-,16+/m0/s1. The highest BCUT2D eigenvalue weighted by Crippen LogP contribution is 2.21. The molecule has 28 heavy (non-hydrogen) atoms. The van der Waals surface area contributed by atoms with E-state index >= 15 is 0 Å². The monoisotopic (exact) mass is 415 g/mol. The van der Waals surface area contributed by atoms with Gasteiger partial charge in [-0.3, -0.25) is 14.4 Å². The summed E-state index contributed by atoms with van der Waals surface area (Å²) < 4.78 is 0. The van der Waals surface area contributed by atoms with Crippen molar-refractivity contribution >= 4 is 29.7 Å². The molecule has 0 heterocycles. The minimum atomic E-state index is -1.12. The molecule has 6 N–H and O–H groups in total. The van der Waals surface area contributed by atoms with Crippen molar-refractivity contribution in [3.63, 3.8) is 0 Å². The third kappa shape index (κ3) is 15.0. The highest BCUT2D eigenvalue weighted by molar-refractivity contribution is 8.00. The summed E-state index contributed by atoms with van der Waals surface area (Å²) in [4.78, 5) is 31.8. The molecule has 0 saturated carbocycles. The number of carbonyl (C=O) groups is 3. The number of nitrogens with two attached hydrogens (primary N) is 1. The van der Waals surface area contributed by atoms with Gasteiger partial charge in [-0.25, -0.2) is 0 Å². The molecule has 0 bridgehead atoms. The number of carboxylic acid groups (broad SMARTS) is 3. The van der Waals surface area contributed by atoms with Gasteiger partial charge in [0, 0.05) is 23.8 Å². The number of unbranched alkanes of at least 4 members (excludes halogenated alkanes) is 1. The van der Waals surface area contributed by atoms with Crippen LogP contribution in [-0.2, 0) is 14.4 Å². The fourth-order valence-electron chi connectivity index (χ4n) is 2.06. The molecule has 0 unspecified atom stereocenters. The second-order valence-electron chi connectivity index (χ2n) is 6.08. The zero-order valence-electron chi connectivity index (χ0n) is 15.6. The Morgan fingerprint density at radius 1 is 0.929 bits per heavy atom. The Hall–Kier alpha value is -2.10. The number of aliphatic hydroxyl groups is 1. The van der Waals surface area contributed by atoms with Crippen molar-refractivity contribution in [3.8, 4) is 0 Å². The van der Waals surface area contributed by atoms with Crippen LogP contribution in [0.15, 0.2) is 36.5 Å². The highest BCUT2D eigenvalue weighted by Gasteiger charge is 2.20. The van der Waals surface area contributed by atoms with Gasteiger partial charge in [0.05, 0.1) is 6.10 Å². The van der Waals surface area contributed by atoms with Gasteiger partial charge in [-0.1, -0.05) is 36.5 Å². The Kier molecular flexibility index (Phi) is 14.7. The van der Waals surface area contributed by atoms with Crippen LogP contribution in [0.25, 0.3) is 0 Å². The average molecular weight is 416 g/mol. The zero-order valence-corrected chi connectivity index (χ0v) is 16.5. The molecule has 9 heteroatoms. The second-order valence-corrected chi connectivity index (χ2v) is 7.29. The van der Waals surface area contributed by atoms with Gasteiger partial charge in [0.25, 0.3) is 0 Å². The summed E-state index contributed by atoms with van der Waals surface area (Å²) in [6.45, 7) is 0. The van der Waals surface area contributed by atoms with Crippen LogP contribution in [0.1, 0.15) is 38.5 Å². The topological polar surface area (TPSA) is 158 Å².